The zero-order chi connectivity index (χ0) is 28.0. The van der Waals surface area contributed by atoms with Crippen LogP contribution in [0, 0.1) is 0 Å². The average Bonchev–Trinajstić information content (AvgIpc) is 3.63. The van der Waals surface area contributed by atoms with Crippen LogP contribution in [0.25, 0.3) is 33.1 Å². The Kier molecular flexibility index (Phi) is 7.18. The number of piperidine rings is 1. The molecule has 0 amide bonds. The minimum absolute atomic E-state index is 0.195. The first-order chi connectivity index (χ1) is 19.9. The van der Waals surface area contributed by atoms with Crippen LogP contribution in [-0.2, 0) is 14.8 Å². The van der Waals surface area contributed by atoms with E-state index in [0.29, 0.717) is 25.2 Å². The number of nitrogens with one attached hydrogen (secondary N) is 2. The van der Waals surface area contributed by atoms with E-state index in [1.165, 1.54) is 19.1 Å². The summed E-state index contributed by atoms with van der Waals surface area (Å²) in [7, 11) is -3.14. The summed E-state index contributed by atoms with van der Waals surface area (Å²) in [6, 6.07) is 7.66. The minimum Gasteiger partial charge on any atom is -0.379 e. The fourth-order valence-electron chi connectivity index (χ4n) is 6.86. The number of nitrogens with zero attached hydrogens (tertiary/aromatic N) is 6. The Labute approximate surface area is 240 Å². The van der Waals surface area contributed by atoms with Crippen LogP contribution in [0.2, 0.25) is 0 Å². The van der Waals surface area contributed by atoms with Crippen molar-refractivity contribution in [1.29, 1.82) is 0 Å². The Bertz CT molecular complexity index is 1630. The number of morpholine rings is 1. The molecular formula is C29H38N8O3S. The molecule has 3 fully saturated rings. The quantitative estimate of drug-likeness (QED) is 0.356. The second kappa shape index (κ2) is 11.0. The molecule has 2 N–H and O–H groups in total. The molecule has 0 bridgehead atoms. The van der Waals surface area contributed by atoms with Crippen molar-refractivity contribution in [3.63, 3.8) is 0 Å². The van der Waals surface area contributed by atoms with Crippen molar-refractivity contribution in [3.8, 4) is 11.1 Å². The number of hydrogen-bond donors (Lipinski definition) is 2. The summed E-state index contributed by atoms with van der Waals surface area (Å²) < 4.78 is 32.9. The van der Waals surface area contributed by atoms with Crippen molar-refractivity contribution in [2.24, 2.45) is 0 Å². The maximum Gasteiger partial charge on any atom is 0.211 e. The molecule has 2 saturated heterocycles. The van der Waals surface area contributed by atoms with E-state index < -0.39 is 10.0 Å². The van der Waals surface area contributed by atoms with Crippen LogP contribution < -0.4 is 5.32 Å². The topological polar surface area (TPSA) is 121 Å². The van der Waals surface area contributed by atoms with Gasteiger partial charge in [-0.1, -0.05) is 6.07 Å². The normalized spacial score (nSPS) is 23.8. The van der Waals surface area contributed by atoms with E-state index in [4.69, 9.17) is 9.72 Å². The van der Waals surface area contributed by atoms with Gasteiger partial charge in [-0.2, -0.15) is 5.10 Å². The van der Waals surface area contributed by atoms with E-state index >= 15 is 0 Å². The van der Waals surface area contributed by atoms with Crippen molar-refractivity contribution in [3.05, 3.63) is 36.9 Å². The minimum atomic E-state index is -3.14. The van der Waals surface area contributed by atoms with Crippen molar-refractivity contribution in [2.45, 2.75) is 56.7 Å². The monoisotopic (exact) mass is 578 g/mol. The maximum absolute atomic E-state index is 11.9. The van der Waals surface area contributed by atoms with Crippen LogP contribution in [0.5, 0.6) is 0 Å². The van der Waals surface area contributed by atoms with Gasteiger partial charge in [-0.15, -0.1) is 0 Å². The Balaban J connectivity index is 1.09. The van der Waals surface area contributed by atoms with E-state index in [9.17, 15) is 8.42 Å². The molecule has 7 rings (SSSR count). The number of benzene rings is 1. The number of aromatic nitrogens is 5. The number of hydrogen-bond acceptors (Lipinski definition) is 8. The van der Waals surface area contributed by atoms with E-state index in [1.807, 2.05) is 10.9 Å². The summed E-state index contributed by atoms with van der Waals surface area (Å²) in [5.74, 6) is 0.890. The van der Waals surface area contributed by atoms with Gasteiger partial charge in [-0.3, -0.25) is 9.58 Å². The smallest absolute Gasteiger partial charge is 0.211 e. The molecule has 12 heteroatoms. The lowest BCUT2D eigenvalue weighted by molar-refractivity contribution is 0.00791. The number of fused-ring (bicyclic) bond motifs is 3. The molecule has 11 nitrogen and oxygen atoms in total. The third kappa shape index (κ3) is 5.45. The van der Waals surface area contributed by atoms with E-state index in [2.05, 4.69) is 49.7 Å². The molecule has 218 valence electrons. The first-order valence-electron chi connectivity index (χ1n) is 14.8. The molecule has 2 aliphatic heterocycles. The van der Waals surface area contributed by atoms with Gasteiger partial charge in [0.05, 0.1) is 37.1 Å². The molecule has 0 radical (unpaired) electrons. The summed E-state index contributed by atoms with van der Waals surface area (Å²) >= 11 is 0. The summed E-state index contributed by atoms with van der Waals surface area (Å²) in [4.78, 5) is 15.3. The molecule has 1 aromatic carbocycles. The molecule has 5 heterocycles. The number of sulfonamides is 1. The SMILES string of the molecule is CS(=O)(=O)N1CCC(n2cc(-c3ccc4[nH]c5ncnc(NC6CCC(N7CCOCC7)CC6)c5c4c3)cn2)CC1. The first kappa shape index (κ1) is 26.8. The highest BCUT2D eigenvalue weighted by Crippen LogP contribution is 2.35. The highest BCUT2D eigenvalue weighted by Gasteiger charge is 2.28. The lowest BCUT2D eigenvalue weighted by Gasteiger charge is -2.39. The summed E-state index contributed by atoms with van der Waals surface area (Å²) in [6.45, 7) is 4.87. The van der Waals surface area contributed by atoms with Gasteiger partial charge in [0.2, 0.25) is 10.0 Å². The molecule has 1 saturated carbocycles. The number of rotatable bonds is 6. The molecule has 1 aliphatic carbocycles. The Morgan fingerprint density at radius 3 is 2.49 bits per heavy atom. The molecule has 3 aromatic heterocycles. The Hall–Kier alpha value is -3.06. The molecule has 3 aliphatic rings. The van der Waals surface area contributed by atoms with Crippen LogP contribution in [0.4, 0.5) is 5.82 Å². The third-order valence-electron chi connectivity index (χ3n) is 9.19. The van der Waals surface area contributed by atoms with E-state index in [-0.39, 0.29) is 6.04 Å². The van der Waals surface area contributed by atoms with Crippen molar-refractivity contribution < 1.29 is 13.2 Å². The van der Waals surface area contributed by atoms with Gasteiger partial charge >= 0.3 is 0 Å². The lowest BCUT2D eigenvalue weighted by Crippen LogP contribution is -2.46. The van der Waals surface area contributed by atoms with Crippen LogP contribution in [-0.4, -0.2) is 100 Å². The number of aromatic amines is 1. The molecule has 0 unspecified atom stereocenters. The highest BCUT2D eigenvalue weighted by atomic mass is 32.2. The van der Waals surface area contributed by atoms with Crippen LogP contribution in [0.3, 0.4) is 0 Å². The predicted molar refractivity (Wildman–Crippen MR) is 159 cm³/mol. The summed E-state index contributed by atoms with van der Waals surface area (Å²) in [5, 5.41) is 10.6. The maximum atomic E-state index is 11.9. The van der Waals surface area contributed by atoms with Gasteiger partial charge in [-0.25, -0.2) is 22.7 Å². The fraction of sp³-hybridized carbons (Fsp3) is 0.552. The number of H-pyrrole nitrogens is 1. The molecule has 4 aromatic rings. The summed E-state index contributed by atoms with van der Waals surface area (Å²) in [6.07, 6.45) is 13.1. The molecule has 0 spiro atoms. The van der Waals surface area contributed by atoms with Gasteiger partial charge in [0, 0.05) is 60.9 Å². The predicted octanol–water partition coefficient (Wildman–Crippen LogP) is 3.63. The third-order valence-corrected chi connectivity index (χ3v) is 10.5. The van der Waals surface area contributed by atoms with E-state index in [1.54, 1.807) is 10.6 Å². The first-order valence-corrected chi connectivity index (χ1v) is 16.6. The second-order valence-corrected chi connectivity index (χ2v) is 13.7. The van der Waals surface area contributed by atoms with Crippen LogP contribution in [0.1, 0.15) is 44.6 Å². The van der Waals surface area contributed by atoms with Gasteiger partial charge in [0.15, 0.2) is 0 Å². The summed E-state index contributed by atoms with van der Waals surface area (Å²) in [5.41, 5.74) is 3.99. The van der Waals surface area contributed by atoms with Gasteiger partial charge in [-0.05, 0) is 56.2 Å². The van der Waals surface area contributed by atoms with Crippen molar-refractivity contribution in [1.82, 2.24) is 33.9 Å². The lowest BCUT2D eigenvalue weighted by atomic mass is 9.90. The average molecular weight is 579 g/mol. The van der Waals surface area contributed by atoms with Crippen molar-refractivity contribution in [2.75, 3.05) is 51.0 Å². The van der Waals surface area contributed by atoms with Gasteiger partial charge in [0.25, 0.3) is 0 Å². The fourth-order valence-corrected chi connectivity index (χ4v) is 7.73. The molecule has 41 heavy (non-hydrogen) atoms. The zero-order valence-electron chi connectivity index (χ0n) is 23.5. The van der Waals surface area contributed by atoms with Crippen LogP contribution >= 0.6 is 0 Å². The zero-order valence-corrected chi connectivity index (χ0v) is 24.3. The van der Waals surface area contributed by atoms with Crippen molar-refractivity contribution >= 4 is 37.8 Å². The van der Waals surface area contributed by atoms with E-state index in [0.717, 1.165) is 90.9 Å². The largest absolute Gasteiger partial charge is 0.379 e. The highest BCUT2D eigenvalue weighted by molar-refractivity contribution is 7.88. The molecule has 0 atom stereocenters. The van der Waals surface area contributed by atoms with Gasteiger partial charge < -0.3 is 15.0 Å². The molecular weight excluding hydrogens is 540 g/mol. The number of anilines is 1. The van der Waals surface area contributed by atoms with Crippen LogP contribution in [0.15, 0.2) is 36.9 Å². The Morgan fingerprint density at radius 1 is 0.951 bits per heavy atom. The number of ether oxygens (including phenoxy) is 1. The Morgan fingerprint density at radius 2 is 1.73 bits per heavy atom. The second-order valence-electron chi connectivity index (χ2n) is 11.7. The standard InChI is InChI=1S/C29H38N8O3S/c1-41(38,39)36-10-8-24(9-11-36)37-18-21(17-32-37)20-2-7-26-25(16-20)27-28(30-19-31-29(27)34-26)33-22-3-5-23(6-4-22)35-12-14-40-15-13-35/h2,7,16-19,22-24H,3-6,8-15H2,1H3,(H2,30,31,33,34). The van der Waals surface area contributed by atoms with Gasteiger partial charge in [0.1, 0.15) is 17.8 Å².